The van der Waals surface area contributed by atoms with Crippen LogP contribution in [0.5, 0.6) is 0 Å². The van der Waals surface area contributed by atoms with Gasteiger partial charge in [0.05, 0.1) is 4.92 Å². The maximum Gasteiger partial charge on any atom is 0.273 e. The van der Waals surface area contributed by atoms with Crippen molar-refractivity contribution < 1.29 is 14.1 Å². The van der Waals surface area contributed by atoms with Gasteiger partial charge in [0.1, 0.15) is 11.2 Å². The molecule has 6 heteroatoms. The lowest BCUT2D eigenvalue weighted by Crippen LogP contribution is -2.08. The molecule has 108 valence electrons. The van der Waals surface area contributed by atoms with Gasteiger partial charge in [-0.1, -0.05) is 24.3 Å². The SMILES string of the molecule is Cc1ccc(C(=O)C(Cl)c2ccc(F)cc2)cc1[N+](=O)[O-]. The number of nitro groups is 1. The largest absolute Gasteiger partial charge is 0.292 e. The quantitative estimate of drug-likeness (QED) is 0.368. The van der Waals surface area contributed by atoms with E-state index in [9.17, 15) is 19.3 Å². The number of Topliss-reactive ketones (excluding diaryl/α,β-unsaturated/α-hetero) is 1. The molecule has 0 aromatic heterocycles. The van der Waals surface area contributed by atoms with E-state index in [1.807, 2.05) is 0 Å². The fourth-order valence-corrected chi connectivity index (χ4v) is 2.16. The molecule has 0 saturated carbocycles. The van der Waals surface area contributed by atoms with Crippen LogP contribution in [0.1, 0.15) is 26.9 Å². The average Bonchev–Trinajstić information content (AvgIpc) is 2.46. The van der Waals surface area contributed by atoms with Crippen molar-refractivity contribution in [2.24, 2.45) is 0 Å². The summed E-state index contributed by atoms with van der Waals surface area (Å²) < 4.78 is 12.9. The molecule has 0 saturated heterocycles. The Kier molecular flexibility index (Phi) is 4.33. The van der Waals surface area contributed by atoms with E-state index in [1.54, 1.807) is 6.92 Å². The number of nitro benzene ring substituents is 1. The Hall–Kier alpha value is -2.27. The number of carbonyl (C=O) groups is 1. The number of rotatable bonds is 4. The third-order valence-electron chi connectivity index (χ3n) is 3.08. The first kappa shape index (κ1) is 15.1. The van der Waals surface area contributed by atoms with Gasteiger partial charge in [-0.3, -0.25) is 14.9 Å². The number of aryl methyl sites for hydroxylation is 1. The number of hydrogen-bond acceptors (Lipinski definition) is 3. The van der Waals surface area contributed by atoms with Crippen molar-refractivity contribution in [3.8, 4) is 0 Å². The molecule has 0 radical (unpaired) electrons. The predicted molar refractivity (Wildman–Crippen MR) is 77.2 cm³/mol. The molecule has 4 nitrogen and oxygen atoms in total. The Labute approximate surface area is 125 Å². The van der Waals surface area contributed by atoms with Crippen molar-refractivity contribution in [3.63, 3.8) is 0 Å². The molecule has 0 aliphatic rings. The second-order valence-corrected chi connectivity index (χ2v) is 4.97. The Morgan fingerprint density at radius 2 is 1.86 bits per heavy atom. The summed E-state index contributed by atoms with van der Waals surface area (Å²) in [5.41, 5.74) is 0.913. The van der Waals surface area contributed by atoms with Crippen molar-refractivity contribution >= 4 is 23.1 Å². The van der Waals surface area contributed by atoms with Crippen LogP contribution < -0.4 is 0 Å². The summed E-state index contributed by atoms with van der Waals surface area (Å²) in [6.45, 7) is 1.59. The van der Waals surface area contributed by atoms with Crippen molar-refractivity contribution in [3.05, 3.63) is 75.1 Å². The van der Waals surface area contributed by atoms with Crippen LogP contribution in [-0.4, -0.2) is 10.7 Å². The minimum Gasteiger partial charge on any atom is -0.292 e. The van der Waals surface area contributed by atoms with Gasteiger partial charge in [0.25, 0.3) is 5.69 Å². The average molecular weight is 308 g/mol. The third-order valence-corrected chi connectivity index (χ3v) is 3.53. The molecule has 0 spiro atoms. The number of alkyl halides is 1. The molecule has 1 unspecified atom stereocenters. The molecule has 0 amide bonds. The molecular formula is C15H11ClFNO3. The summed E-state index contributed by atoms with van der Waals surface area (Å²) in [4.78, 5) is 22.6. The Balaban J connectivity index is 2.33. The molecule has 21 heavy (non-hydrogen) atoms. The molecule has 2 aromatic carbocycles. The summed E-state index contributed by atoms with van der Waals surface area (Å²) in [6.07, 6.45) is 0. The fraction of sp³-hybridized carbons (Fsp3) is 0.133. The van der Waals surface area contributed by atoms with Gasteiger partial charge in [0, 0.05) is 17.2 Å². The molecule has 2 rings (SSSR count). The van der Waals surface area contributed by atoms with Gasteiger partial charge in [-0.2, -0.15) is 0 Å². The van der Waals surface area contributed by atoms with E-state index in [2.05, 4.69) is 0 Å². The number of hydrogen-bond donors (Lipinski definition) is 0. The lowest BCUT2D eigenvalue weighted by atomic mass is 10.0. The summed E-state index contributed by atoms with van der Waals surface area (Å²) in [6, 6.07) is 9.42. The molecule has 0 N–H and O–H groups in total. The second-order valence-electron chi connectivity index (χ2n) is 4.54. The zero-order valence-electron chi connectivity index (χ0n) is 11.0. The standard InChI is InChI=1S/C15H11ClFNO3/c1-9-2-3-11(8-13(9)18(20)21)15(19)14(16)10-4-6-12(17)7-5-10/h2-8,14H,1H3. The van der Waals surface area contributed by atoms with Crippen molar-refractivity contribution in [2.75, 3.05) is 0 Å². The number of carbonyl (C=O) groups excluding carboxylic acids is 1. The fourth-order valence-electron chi connectivity index (χ4n) is 1.89. The number of ketones is 1. The Morgan fingerprint density at radius 3 is 2.43 bits per heavy atom. The van der Waals surface area contributed by atoms with Gasteiger partial charge in [-0.05, 0) is 24.6 Å². The van der Waals surface area contributed by atoms with Crippen molar-refractivity contribution in [1.82, 2.24) is 0 Å². The topological polar surface area (TPSA) is 60.2 Å². The highest BCUT2D eigenvalue weighted by Gasteiger charge is 2.22. The summed E-state index contributed by atoms with van der Waals surface area (Å²) in [7, 11) is 0. The van der Waals surface area contributed by atoms with Gasteiger partial charge >= 0.3 is 0 Å². The van der Waals surface area contributed by atoms with Crippen molar-refractivity contribution in [2.45, 2.75) is 12.3 Å². The molecule has 1 atom stereocenters. The van der Waals surface area contributed by atoms with Crippen LogP contribution >= 0.6 is 11.6 Å². The first-order chi connectivity index (χ1) is 9.90. The third kappa shape index (κ3) is 3.25. The number of benzene rings is 2. The van der Waals surface area contributed by atoms with Crippen LogP contribution in [0.25, 0.3) is 0 Å². The van der Waals surface area contributed by atoms with Crippen LogP contribution in [-0.2, 0) is 0 Å². The predicted octanol–water partition coefficient (Wildman–Crippen LogP) is 4.21. The smallest absolute Gasteiger partial charge is 0.273 e. The van der Waals surface area contributed by atoms with Crippen LogP contribution in [0, 0.1) is 22.9 Å². The number of halogens is 2. The van der Waals surface area contributed by atoms with E-state index in [0.717, 1.165) is 0 Å². The van der Waals surface area contributed by atoms with Crippen LogP contribution in [0.4, 0.5) is 10.1 Å². The number of nitrogens with zero attached hydrogens (tertiary/aromatic N) is 1. The zero-order valence-corrected chi connectivity index (χ0v) is 11.8. The maximum absolute atomic E-state index is 12.9. The van der Waals surface area contributed by atoms with E-state index in [-0.39, 0.29) is 11.3 Å². The van der Waals surface area contributed by atoms with Gasteiger partial charge < -0.3 is 0 Å². The molecule has 2 aromatic rings. The Morgan fingerprint density at radius 1 is 1.24 bits per heavy atom. The highest BCUT2D eigenvalue weighted by Crippen LogP contribution is 2.28. The van der Waals surface area contributed by atoms with E-state index < -0.39 is 21.9 Å². The molecule has 0 aliphatic carbocycles. The molecule has 0 aliphatic heterocycles. The first-order valence-corrected chi connectivity index (χ1v) is 6.52. The molecule has 0 heterocycles. The lowest BCUT2D eigenvalue weighted by molar-refractivity contribution is -0.385. The monoisotopic (exact) mass is 307 g/mol. The highest BCUT2D eigenvalue weighted by atomic mass is 35.5. The van der Waals surface area contributed by atoms with Crippen LogP contribution in [0.2, 0.25) is 0 Å². The lowest BCUT2D eigenvalue weighted by Gasteiger charge is -2.09. The van der Waals surface area contributed by atoms with E-state index in [4.69, 9.17) is 11.6 Å². The minimum atomic E-state index is -1.02. The highest BCUT2D eigenvalue weighted by molar-refractivity contribution is 6.33. The zero-order chi connectivity index (χ0) is 15.6. The second kappa shape index (κ2) is 6.01. The van der Waals surface area contributed by atoms with Crippen LogP contribution in [0.3, 0.4) is 0 Å². The van der Waals surface area contributed by atoms with Crippen LogP contribution in [0.15, 0.2) is 42.5 Å². The maximum atomic E-state index is 12.9. The summed E-state index contributed by atoms with van der Waals surface area (Å²) >= 11 is 6.07. The normalized spacial score (nSPS) is 12.0. The van der Waals surface area contributed by atoms with Crippen molar-refractivity contribution in [1.29, 1.82) is 0 Å². The first-order valence-electron chi connectivity index (χ1n) is 6.09. The van der Waals surface area contributed by atoms with Gasteiger partial charge in [-0.15, -0.1) is 11.6 Å². The van der Waals surface area contributed by atoms with E-state index in [1.165, 1.54) is 42.5 Å². The molecular weight excluding hydrogens is 297 g/mol. The molecule has 0 fully saturated rings. The summed E-state index contributed by atoms with van der Waals surface area (Å²) in [5, 5.41) is 9.87. The van der Waals surface area contributed by atoms with Gasteiger partial charge in [-0.25, -0.2) is 4.39 Å². The Bertz CT molecular complexity index is 701. The van der Waals surface area contributed by atoms with Gasteiger partial charge in [0.2, 0.25) is 0 Å². The van der Waals surface area contributed by atoms with E-state index >= 15 is 0 Å². The minimum absolute atomic E-state index is 0.135. The molecule has 0 bridgehead atoms. The van der Waals surface area contributed by atoms with Gasteiger partial charge in [0.15, 0.2) is 5.78 Å². The summed E-state index contributed by atoms with van der Waals surface area (Å²) in [5.74, 6) is -0.896. The van der Waals surface area contributed by atoms with E-state index in [0.29, 0.717) is 11.1 Å².